The van der Waals surface area contributed by atoms with E-state index in [1.807, 2.05) is 0 Å². The summed E-state index contributed by atoms with van der Waals surface area (Å²) in [6.07, 6.45) is 8.30. The number of fused-ring (bicyclic) bond motifs is 1. The summed E-state index contributed by atoms with van der Waals surface area (Å²) in [4.78, 5) is 0. The number of nitrogens with one attached hydrogen (secondary N) is 1. The fourth-order valence-corrected chi connectivity index (χ4v) is 8.52. The Hall–Kier alpha value is -2.32. The molecule has 2 heteroatoms. The third-order valence-corrected chi connectivity index (χ3v) is 8.74. The van der Waals surface area contributed by atoms with Crippen LogP contribution in [-0.4, -0.2) is 5.54 Å². The van der Waals surface area contributed by atoms with E-state index in [0.717, 1.165) is 18.2 Å². The first-order chi connectivity index (χ1) is 15.8. The molecule has 2 unspecified atom stereocenters. The van der Waals surface area contributed by atoms with E-state index < -0.39 is 0 Å². The van der Waals surface area contributed by atoms with Crippen molar-refractivity contribution in [2.24, 2.45) is 16.7 Å². The number of rotatable bonds is 6. The summed E-state index contributed by atoms with van der Waals surface area (Å²) in [5, 5.41) is 6.76. The molecule has 2 nitrogen and oxygen atoms in total. The first-order valence-electron chi connectivity index (χ1n) is 12.8. The molecule has 0 spiro atoms. The van der Waals surface area contributed by atoms with Crippen molar-refractivity contribution in [3.8, 4) is 5.75 Å². The maximum atomic E-state index is 6.46. The SMILES string of the molecule is Cc1cccc(COc2ccc3ccccc3c2CNC23CC4CC(C)(CC(C)(C4)C2)C3)c1. The average molecular weight is 440 g/mol. The quantitative estimate of drug-likeness (QED) is 0.428. The smallest absolute Gasteiger partial charge is 0.124 e. The van der Waals surface area contributed by atoms with Crippen molar-refractivity contribution < 1.29 is 4.74 Å². The number of hydrogen-bond donors (Lipinski definition) is 1. The minimum atomic E-state index is 0.285. The van der Waals surface area contributed by atoms with Crippen LogP contribution in [-0.2, 0) is 13.2 Å². The molecule has 4 aliphatic carbocycles. The molecule has 2 atom stereocenters. The van der Waals surface area contributed by atoms with Crippen molar-refractivity contribution in [3.05, 3.63) is 77.4 Å². The predicted octanol–water partition coefficient (Wildman–Crippen LogP) is 7.57. The molecule has 0 heterocycles. The van der Waals surface area contributed by atoms with Crippen LogP contribution in [0.1, 0.15) is 69.1 Å². The Balaban J connectivity index is 1.29. The molecule has 0 saturated heterocycles. The van der Waals surface area contributed by atoms with Gasteiger partial charge >= 0.3 is 0 Å². The Bertz CT molecular complexity index is 1180. The Labute approximate surface area is 198 Å². The van der Waals surface area contributed by atoms with Crippen LogP contribution >= 0.6 is 0 Å². The Morgan fingerprint density at radius 2 is 1.67 bits per heavy atom. The summed E-state index contributed by atoms with van der Waals surface area (Å²) in [6.45, 7) is 8.74. The van der Waals surface area contributed by atoms with Crippen LogP contribution in [0.15, 0.2) is 60.7 Å². The standard InChI is InChI=1S/C31H37NO/c1-22-7-6-8-23(13-22)18-33-28-12-11-25-9-4-5-10-26(25)27(28)17-32-31-16-24-14-29(2,20-31)19-30(3,15-24)21-31/h4-13,24,32H,14-21H2,1-3H3. The minimum absolute atomic E-state index is 0.285. The molecule has 3 aromatic rings. The van der Waals surface area contributed by atoms with Crippen LogP contribution in [0.25, 0.3) is 10.8 Å². The second-order valence-corrected chi connectivity index (χ2v) is 12.3. The van der Waals surface area contributed by atoms with Gasteiger partial charge in [-0.2, -0.15) is 0 Å². The van der Waals surface area contributed by atoms with Gasteiger partial charge in [0.2, 0.25) is 0 Å². The van der Waals surface area contributed by atoms with E-state index in [2.05, 4.69) is 86.8 Å². The van der Waals surface area contributed by atoms with Crippen LogP contribution in [0.3, 0.4) is 0 Å². The molecule has 1 N–H and O–H groups in total. The van der Waals surface area contributed by atoms with Gasteiger partial charge < -0.3 is 10.1 Å². The third kappa shape index (κ3) is 3.97. The van der Waals surface area contributed by atoms with Gasteiger partial charge in [0.1, 0.15) is 12.4 Å². The zero-order valence-electron chi connectivity index (χ0n) is 20.4. The molecular formula is C31H37NO. The molecule has 0 aliphatic heterocycles. The van der Waals surface area contributed by atoms with Gasteiger partial charge in [-0.3, -0.25) is 0 Å². The van der Waals surface area contributed by atoms with Crippen molar-refractivity contribution in [1.82, 2.24) is 5.32 Å². The van der Waals surface area contributed by atoms with Crippen LogP contribution in [0.2, 0.25) is 0 Å². The average Bonchev–Trinajstić information content (AvgIpc) is 2.74. The van der Waals surface area contributed by atoms with Crippen LogP contribution in [0.5, 0.6) is 5.75 Å². The van der Waals surface area contributed by atoms with E-state index in [9.17, 15) is 0 Å². The lowest BCUT2D eigenvalue weighted by molar-refractivity contribution is -0.118. The zero-order chi connectivity index (χ0) is 22.7. The number of ether oxygens (including phenoxy) is 1. The topological polar surface area (TPSA) is 21.3 Å². The van der Waals surface area contributed by atoms with Crippen LogP contribution < -0.4 is 10.1 Å². The molecule has 4 bridgehead atoms. The van der Waals surface area contributed by atoms with Crippen LogP contribution in [0.4, 0.5) is 0 Å². The molecule has 4 fully saturated rings. The highest BCUT2D eigenvalue weighted by Gasteiger charge is 2.59. The van der Waals surface area contributed by atoms with E-state index in [1.54, 1.807) is 0 Å². The lowest BCUT2D eigenvalue weighted by Crippen LogP contribution is -2.63. The zero-order valence-corrected chi connectivity index (χ0v) is 20.4. The highest BCUT2D eigenvalue weighted by molar-refractivity contribution is 5.87. The van der Waals surface area contributed by atoms with Crippen molar-refractivity contribution in [2.45, 2.75) is 78.0 Å². The first-order valence-corrected chi connectivity index (χ1v) is 12.8. The Kier molecular flexibility index (Phi) is 4.89. The van der Waals surface area contributed by atoms with E-state index in [0.29, 0.717) is 17.4 Å². The van der Waals surface area contributed by atoms with Gasteiger partial charge in [0.25, 0.3) is 0 Å². The number of benzene rings is 3. The van der Waals surface area contributed by atoms with Crippen molar-refractivity contribution in [3.63, 3.8) is 0 Å². The Morgan fingerprint density at radius 1 is 0.879 bits per heavy atom. The van der Waals surface area contributed by atoms with E-state index in [-0.39, 0.29) is 5.54 Å². The van der Waals surface area contributed by atoms with Crippen LogP contribution in [0, 0.1) is 23.7 Å². The van der Waals surface area contributed by atoms with Crippen molar-refractivity contribution in [2.75, 3.05) is 0 Å². The maximum absolute atomic E-state index is 6.46. The summed E-state index contributed by atoms with van der Waals surface area (Å²) in [5.41, 5.74) is 5.14. The molecule has 4 aliphatic rings. The van der Waals surface area contributed by atoms with Crippen molar-refractivity contribution >= 4 is 10.8 Å². The molecule has 0 aromatic heterocycles. The monoisotopic (exact) mass is 439 g/mol. The largest absolute Gasteiger partial charge is 0.489 e. The second-order valence-electron chi connectivity index (χ2n) is 12.3. The summed E-state index contributed by atoms with van der Waals surface area (Å²) in [7, 11) is 0. The summed E-state index contributed by atoms with van der Waals surface area (Å²) in [6, 6.07) is 21.8. The van der Waals surface area contributed by atoms with Gasteiger partial charge in [-0.25, -0.2) is 0 Å². The van der Waals surface area contributed by atoms with Gasteiger partial charge in [-0.1, -0.05) is 74.0 Å². The number of hydrogen-bond acceptors (Lipinski definition) is 2. The summed E-state index contributed by atoms with van der Waals surface area (Å²) in [5.74, 6) is 1.91. The molecule has 172 valence electrons. The van der Waals surface area contributed by atoms with Crippen molar-refractivity contribution in [1.29, 1.82) is 0 Å². The van der Waals surface area contributed by atoms with E-state index in [4.69, 9.17) is 4.74 Å². The van der Waals surface area contributed by atoms with Gasteiger partial charge in [0, 0.05) is 17.6 Å². The molecule has 0 amide bonds. The van der Waals surface area contributed by atoms with Gasteiger partial charge in [-0.15, -0.1) is 0 Å². The molecule has 33 heavy (non-hydrogen) atoms. The molecule has 4 saturated carbocycles. The fourth-order valence-electron chi connectivity index (χ4n) is 8.52. The van der Waals surface area contributed by atoms with Gasteiger partial charge in [-0.05, 0) is 84.6 Å². The van der Waals surface area contributed by atoms with E-state index >= 15 is 0 Å². The minimum Gasteiger partial charge on any atom is -0.489 e. The second kappa shape index (κ2) is 7.60. The van der Waals surface area contributed by atoms with Gasteiger partial charge in [0.05, 0.1) is 0 Å². The molecular weight excluding hydrogens is 402 g/mol. The molecule has 7 rings (SSSR count). The molecule has 0 radical (unpaired) electrons. The lowest BCUT2D eigenvalue weighted by Gasteiger charge is -2.65. The van der Waals surface area contributed by atoms with E-state index in [1.165, 1.54) is 66.0 Å². The number of aryl methyl sites for hydroxylation is 1. The summed E-state index contributed by atoms with van der Waals surface area (Å²) >= 11 is 0. The fraction of sp³-hybridized carbons (Fsp3) is 0.484. The predicted molar refractivity (Wildman–Crippen MR) is 136 cm³/mol. The molecule has 3 aromatic carbocycles. The Morgan fingerprint density at radius 3 is 2.42 bits per heavy atom. The third-order valence-electron chi connectivity index (χ3n) is 8.74. The van der Waals surface area contributed by atoms with Gasteiger partial charge in [0.15, 0.2) is 0 Å². The highest BCUT2D eigenvalue weighted by atomic mass is 16.5. The normalized spacial score (nSPS) is 32.4. The maximum Gasteiger partial charge on any atom is 0.124 e. The summed E-state index contributed by atoms with van der Waals surface area (Å²) < 4.78 is 6.46. The highest BCUT2D eigenvalue weighted by Crippen LogP contribution is 2.66. The lowest BCUT2D eigenvalue weighted by atomic mass is 9.43. The first kappa shape index (κ1) is 21.2.